The second-order valence-electron chi connectivity index (χ2n) is 15.6. The standard InChI is InChI=1S/C57H41N5/c1-5-15-43(16-6-1)55-58-56(44-17-7-2-8-18-44)60-57(59-55)45-27-25-40(26-28-45)41-29-36-50(37-30-41)62-53-24-14-13-23-51(53)52-39-46(33-38-54(52)62)42-31-34-49(35-32-42)61(47-19-9-3-10-20-47)48-21-11-4-12-22-48/h1-32,34-39,46H,33H2. The van der Waals surface area contributed by atoms with Gasteiger partial charge < -0.3 is 9.47 Å². The molecule has 0 saturated carbocycles. The van der Waals surface area contributed by atoms with Crippen LogP contribution in [0.2, 0.25) is 0 Å². The van der Waals surface area contributed by atoms with Gasteiger partial charge in [0.25, 0.3) is 0 Å². The van der Waals surface area contributed by atoms with Crippen molar-refractivity contribution in [2.75, 3.05) is 4.90 Å². The Bertz CT molecular complexity index is 3180. The molecule has 0 radical (unpaired) electrons. The first-order chi connectivity index (χ1) is 30.7. The van der Waals surface area contributed by atoms with E-state index in [-0.39, 0.29) is 5.92 Å². The topological polar surface area (TPSA) is 46.8 Å². The minimum Gasteiger partial charge on any atom is -0.311 e. The van der Waals surface area contributed by atoms with E-state index in [1.54, 1.807) is 0 Å². The number of para-hydroxylation sites is 3. The third-order valence-electron chi connectivity index (χ3n) is 11.8. The van der Waals surface area contributed by atoms with Crippen LogP contribution in [0.5, 0.6) is 0 Å². The molecule has 0 bridgehead atoms. The minimum atomic E-state index is 0.274. The molecule has 5 nitrogen and oxygen atoms in total. The summed E-state index contributed by atoms with van der Waals surface area (Å²) in [7, 11) is 0. The van der Waals surface area contributed by atoms with Crippen LogP contribution < -0.4 is 15.5 Å². The molecule has 294 valence electrons. The van der Waals surface area contributed by atoms with Gasteiger partial charge >= 0.3 is 0 Å². The predicted octanol–water partition coefficient (Wildman–Crippen LogP) is 12.7. The van der Waals surface area contributed by atoms with Gasteiger partial charge in [0.2, 0.25) is 0 Å². The average Bonchev–Trinajstić information content (AvgIpc) is 3.69. The molecular weight excluding hydrogens is 755 g/mol. The van der Waals surface area contributed by atoms with Crippen molar-refractivity contribution in [2.45, 2.75) is 12.3 Å². The van der Waals surface area contributed by atoms with Gasteiger partial charge in [0, 0.05) is 61.3 Å². The van der Waals surface area contributed by atoms with Gasteiger partial charge in [-0.05, 0) is 77.7 Å². The van der Waals surface area contributed by atoms with Gasteiger partial charge in [0.05, 0.1) is 5.52 Å². The highest BCUT2D eigenvalue weighted by Gasteiger charge is 2.19. The Balaban J connectivity index is 0.884. The maximum absolute atomic E-state index is 4.92. The van der Waals surface area contributed by atoms with Crippen LogP contribution in [0.3, 0.4) is 0 Å². The van der Waals surface area contributed by atoms with Crippen LogP contribution in [-0.4, -0.2) is 19.5 Å². The second-order valence-corrected chi connectivity index (χ2v) is 15.6. The highest BCUT2D eigenvalue weighted by Crippen LogP contribution is 2.36. The number of nitrogens with zero attached hydrogens (tertiary/aromatic N) is 5. The SMILES string of the molecule is C1=c2c(n(-c3ccc(-c4ccc(-c5nc(-c6ccccc6)nc(-c6ccccc6)n5)cc4)cc3)c3ccccc23)=CCC1c1ccc(N(c2ccccc2)c2ccccc2)cc1. The molecule has 2 aromatic heterocycles. The third-order valence-corrected chi connectivity index (χ3v) is 11.8. The Hall–Kier alpha value is -8.15. The van der Waals surface area contributed by atoms with E-state index in [1.807, 2.05) is 60.7 Å². The van der Waals surface area contributed by atoms with Crippen molar-refractivity contribution in [1.29, 1.82) is 0 Å². The van der Waals surface area contributed by atoms with Crippen molar-refractivity contribution in [3.8, 4) is 51.0 Å². The Morgan fingerprint density at radius 3 is 1.39 bits per heavy atom. The van der Waals surface area contributed by atoms with Gasteiger partial charge in [0.15, 0.2) is 17.5 Å². The second kappa shape index (κ2) is 16.1. The Morgan fingerprint density at radius 1 is 0.403 bits per heavy atom. The van der Waals surface area contributed by atoms with Crippen LogP contribution in [0.15, 0.2) is 218 Å². The molecule has 1 unspecified atom stereocenters. The zero-order chi connectivity index (χ0) is 41.2. The quantitative estimate of drug-likeness (QED) is 0.146. The van der Waals surface area contributed by atoms with Gasteiger partial charge in [-0.15, -0.1) is 0 Å². The molecule has 0 spiro atoms. The van der Waals surface area contributed by atoms with Crippen molar-refractivity contribution in [1.82, 2.24) is 19.5 Å². The largest absolute Gasteiger partial charge is 0.311 e. The minimum absolute atomic E-state index is 0.274. The number of benzene rings is 8. The van der Waals surface area contributed by atoms with Crippen molar-refractivity contribution in [3.63, 3.8) is 0 Å². The monoisotopic (exact) mass is 795 g/mol. The van der Waals surface area contributed by atoms with Crippen molar-refractivity contribution in [2.24, 2.45) is 0 Å². The first kappa shape index (κ1) is 36.9. The molecule has 11 rings (SSSR count). The van der Waals surface area contributed by atoms with Gasteiger partial charge in [-0.2, -0.15) is 0 Å². The Morgan fingerprint density at radius 2 is 0.839 bits per heavy atom. The molecule has 1 aliphatic rings. The van der Waals surface area contributed by atoms with Crippen LogP contribution in [0.1, 0.15) is 17.9 Å². The molecule has 62 heavy (non-hydrogen) atoms. The van der Waals surface area contributed by atoms with Gasteiger partial charge in [0.1, 0.15) is 0 Å². The van der Waals surface area contributed by atoms with Crippen LogP contribution in [0.4, 0.5) is 17.1 Å². The zero-order valence-electron chi connectivity index (χ0n) is 34.0. The first-order valence-corrected chi connectivity index (χ1v) is 21.1. The van der Waals surface area contributed by atoms with E-state index in [0.717, 1.165) is 57.0 Å². The van der Waals surface area contributed by atoms with E-state index in [9.17, 15) is 0 Å². The number of aromatic nitrogens is 4. The average molecular weight is 796 g/mol. The summed E-state index contributed by atoms with van der Waals surface area (Å²) in [6, 6.07) is 76.7. The first-order valence-electron chi connectivity index (χ1n) is 21.1. The summed E-state index contributed by atoms with van der Waals surface area (Å²) in [5, 5.41) is 3.81. The molecule has 2 heterocycles. The highest BCUT2D eigenvalue weighted by atomic mass is 15.1. The van der Waals surface area contributed by atoms with Gasteiger partial charge in [-0.3, -0.25) is 0 Å². The lowest BCUT2D eigenvalue weighted by atomic mass is 9.91. The lowest BCUT2D eigenvalue weighted by Crippen LogP contribution is -2.31. The van der Waals surface area contributed by atoms with Gasteiger partial charge in [-0.25, -0.2) is 15.0 Å². The van der Waals surface area contributed by atoms with E-state index in [0.29, 0.717) is 17.5 Å². The Kier molecular flexibility index (Phi) is 9.60. The van der Waals surface area contributed by atoms with Gasteiger partial charge in [-0.1, -0.05) is 176 Å². The molecular formula is C57H41N5. The van der Waals surface area contributed by atoms with Crippen LogP contribution in [0, 0.1) is 0 Å². The maximum atomic E-state index is 4.92. The van der Waals surface area contributed by atoms with E-state index in [2.05, 4.69) is 179 Å². The smallest absolute Gasteiger partial charge is 0.164 e. The van der Waals surface area contributed by atoms with E-state index in [1.165, 1.54) is 27.0 Å². The maximum Gasteiger partial charge on any atom is 0.164 e. The normalized spacial score (nSPS) is 13.2. The molecule has 0 N–H and O–H groups in total. The summed E-state index contributed by atoms with van der Waals surface area (Å²) in [6.07, 6.45) is 5.83. The molecule has 0 saturated heterocycles. The molecule has 1 aliphatic carbocycles. The fourth-order valence-corrected chi connectivity index (χ4v) is 8.70. The van der Waals surface area contributed by atoms with Crippen molar-refractivity contribution in [3.05, 3.63) is 235 Å². The predicted molar refractivity (Wildman–Crippen MR) is 255 cm³/mol. The number of rotatable bonds is 9. The van der Waals surface area contributed by atoms with E-state index >= 15 is 0 Å². The molecule has 0 amide bonds. The van der Waals surface area contributed by atoms with Crippen LogP contribution in [-0.2, 0) is 0 Å². The van der Waals surface area contributed by atoms with E-state index < -0.39 is 0 Å². The van der Waals surface area contributed by atoms with Crippen molar-refractivity contribution < 1.29 is 0 Å². The summed E-state index contributed by atoms with van der Waals surface area (Å²) in [5.74, 6) is 2.23. The summed E-state index contributed by atoms with van der Waals surface area (Å²) < 4.78 is 2.42. The van der Waals surface area contributed by atoms with Crippen LogP contribution >= 0.6 is 0 Å². The summed E-state index contributed by atoms with van der Waals surface area (Å²) in [4.78, 5) is 17.0. The molecule has 1 atom stereocenters. The Labute approximate surface area is 360 Å². The lowest BCUT2D eigenvalue weighted by molar-refractivity contribution is 0.907. The molecule has 10 aromatic rings. The number of hydrogen-bond acceptors (Lipinski definition) is 4. The lowest BCUT2D eigenvalue weighted by Gasteiger charge is -2.26. The fraction of sp³-hybridized carbons (Fsp3) is 0.0351. The van der Waals surface area contributed by atoms with Crippen LogP contribution in [0.25, 0.3) is 74.0 Å². The van der Waals surface area contributed by atoms with Crippen molar-refractivity contribution >= 4 is 40.1 Å². The van der Waals surface area contributed by atoms with E-state index in [4.69, 9.17) is 15.0 Å². The molecule has 0 fully saturated rings. The fourth-order valence-electron chi connectivity index (χ4n) is 8.70. The summed E-state index contributed by atoms with van der Waals surface area (Å²) in [6.45, 7) is 0. The highest BCUT2D eigenvalue weighted by molar-refractivity contribution is 5.85. The molecule has 0 aliphatic heterocycles. The third kappa shape index (κ3) is 7.06. The number of fused-ring (bicyclic) bond motifs is 3. The number of hydrogen-bond donors (Lipinski definition) is 0. The molecule has 5 heteroatoms. The summed E-state index contributed by atoms with van der Waals surface area (Å²) in [5.41, 5.74) is 12.2. The number of anilines is 3. The summed E-state index contributed by atoms with van der Waals surface area (Å²) >= 11 is 0. The molecule has 8 aromatic carbocycles. The zero-order valence-corrected chi connectivity index (χ0v) is 34.0.